The van der Waals surface area contributed by atoms with Gasteiger partial charge in [0.15, 0.2) is 0 Å². The molecule has 0 aliphatic heterocycles. The molecule has 0 aliphatic carbocycles. The standard InChI is InChI=1S/C13H22OSi2/c1-15(2,3)12-7-11(10-14)8-13(9-12)16(4,5)6/h7-10H,1-6H3. The fourth-order valence-electron chi connectivity index (χ4n) is 1.59. The molecule has 0 heterocycles. The highest BCUT2D eigenvalue weighted by molar-refractivity contribution is 6.91. The summed E-state index contributed by atoms with van der Waals surface area (Å²) in [5, 5.41) is 2.80. The predicted molar refractivity (Wildman–Crippen MR) is 77.8 cm³/mol. The van der Waals surface area contributed by atoms with Crippen LogP contribution in [-0.4, -0.2) is 22.4 Å². The molecule has 0 unspecified atom stereocenters. The molecular formula is C13H22OSi2. The molecule has 1 rings (SSSR count). The number of rotatable bonds is 3. The van der Waals surface area contributed by atoms with Crippen molar-refractivity contribution in [1.82, 2.24) is 0 Å². The third-order valence-electron chi connectivity index (χ3n) is 2.82. The maximum Gasteiger partial charge on any atom is 0.150 e. The van der Waals surface area contributed by atoms with E-state index in [1.165, 1.54) is 10.4 Å². The third kappa shape index (κ3) is 3.16. The molecule has 0 radical (unpaired) electrons. The Morgan fingerprint density at radius 1 is 0.812 bits per heavy atom. The molecule has 0 saturated carbocycles. The highest BCUT2D eigenvalue weighted by Crippen LogP contribution is 2.07. The Hall–Kier alpha value is -0.676. The quantitative estimate of drug-likeness (QED) is 0.595. The van der Waals surface area contributed by atoms with Gasteiger partial charge >= 0.3 is 0 Å². The smallest absolute Gasteiger partial charge is 0.150 e. The van der Waals surface area contributed by atoms with Crippen LogP contribution < -0.4 is 10.4 Å². The molecule has 1 nitrogen and oxygen atoms in total. The summed E-state index contributed by atoms with van der Waals surface area (Å²) in [6, 6.07) is 6.48. The largest absolute Gasteiger partial charge is 0.298 e. The van der Waals surface area contributed by atoms with Crippen molar-refractivity contribution in [1.29, 1.82) is 0 Å². The Morgan fingerprint density at radius 3 is 1.44 bits per heavy atom. The Bertz CT molecular complexity index is 365. The number of benzene rings is 1. The van der Waals surface area contributed by atoms with E-state index in [1.807, 2.05) is 0 Å². The average Bonchev–Trinajstić information content (AvgIpc) is 2.14. The van der Waals surface area contributed by atoms with Gasteiger partial charge in [-0.2, -0.15) is 0 Å². The van der Waals surface area contributed by atoms with Crippen LogP contribution in [0, 0.1) is 0 Å². The van der Waals surface area contributed by atoms with Gasteiger partial charge in [0, 0.05) is 5.56 Å². The molecule has 0 aromatic heterocycles. The second kappa shape index (κ2) is 4.30. The topological polar surface area (TPSA) is 17.1 Å². The average molecular weight is 250 g/mol. The minimum atomic E-state index is -1.33. The minimum absolute atomic E-state index is 0.845. The minimum Gasteiger partial charge on any atom is -0.298 e. The van der Waals surface area contributed by atoms with Crippen molar-refractivity contribution in [3.8, 4) is 0 Å². The van der Waals surface area contributed by atoms with E-state index < -0.39 is 16.1 Å². The lowest BCUT2D eigenvalue weighted by atomic mass is 10.2. The lowest BCUT2D eigenvalue weighted by molar-refractivity contribution is 0.112. The van der Waals surface area contributed by atoms with Gasteiger partial charge < -0.3 is 0 Å². The number of hydrogen-bond acceptors (Lipinski definition) is 1. The summed E-state index contributed by atoms with van der Waals surface area (Å²) >= 11 is 0. The lowest BCUT2D eigenvalue weighted by Gasteiger charge is -2.23. The monoisotopic (exact) mass is 250 g/mol. The molecule has 0 N–H and O–H groups in total. The van der Waals surface area contributed by atoms with E-state index in [1.54, 1.807) is 0 Å². The Morgan fingerprint density at radius 2 is 1.19 bits per heavy atom. The van der Waals surface area contributed by atoms with Crippen molar-refractivity contribution in [2.24, 2.45) is 0 Å². The van der Waals surface area contributed by atoms with Crippen LogP contribution >= 0.6 is 0 Å². The van der Waals surface area contributed by atoms with Crippen LogP contribution in [0.15, 0.2) is 18.2 Å². The molecule has 0 atom stereocenters. The van der Waals surface area contributed by atoms with Crippen molar-refractivity contribution in [3.63, 3.8) is 0 Å². The van der Waals surface area contributed by atoms with E-state index in [9.17, 15) is 4.79 Å². The molecule has 1 aromatic carbocycles. The molecule has 0 bridgehead atoms. The molecule has 1 aromatic rings. The molecule has 0 fully saturated rings. The van der Waals surface area contributed by atoms with Crippen LogP contribution in [0.3, 0.4) is 0 Å². The Kier molecular flexibility index (Phi) is 3.60. The van der Waals surface area contributed by atoms with Crippen LogP contribution in [-0.2, 0) is 0 Å². The van der Waals surface area contributed by atoms with Crippen LogP contribution in [0.5, 0.6) is 0 Å². The van der Waals surface area contributed by atoms with E-state index in [2.05, 4.69) is 57.5 Å². The molecule has 3 heteroatoms. The van der Waals surface area contributed by atoms with Crippen molar-refractivity contribution in [3.05, 3.63) is 23.8 Å². The van der Waals surface area contributed by atoms with E-state index >= 15 is 0 Å². The summed E-state index contributed by atoms with van der Waals surface area (Å²) in [5.41, 5.74) is 0.845. The normalized spacial score (nSPS) is 12.6. The van der Waals surface area contributed by atoms with Crippen LogP contribution in [0.25, 0.3) is 0 Å². The second-order valence-corrected chi connectivity index (χ2v) is 16.6. The van der Waals surface area contributed by atoms with Gasteiger partial charge in [-0.3, -0.25) is 4.79 Å². The first-order valence-electron chi connectivity index (χ1n) is 5.76. The van der Waals surface area contributed by atoms with Gasteiger partial charge in [0.25, 0.3) is 0 Å². The van der Waals surface area contributed by atoms with Gasteiger partial charge in [0.1, 0.15) is 6.29 Å². The molecule has 0 spiro atoms. The number of hydrogen-bond donors (Lipinski definition) is 0. The number of carbonyl (C=O) groups is 1. The highest BCUT2D eigenvalue weighted by atomic mass is 28.3. The molecule has 0 saturated heterocycles. The van der Waals surface area contributed by atoms with Crippen molar-refractivity contribution in [2.75, 3.05) is 0 Å². The molecule has 0 amide bonds. The maximum atomic E-state index is 11.0. The fraction of sp³-hybridized carbons (Fsp3) is 0.462. The maximum absolute atomic E-state index is 11.0. The van der Waals surface area contributed by atoms with Gasteiger partial charge in [-0.1, -0.05) is 67.9 Å². The zero-order chi connectivity index (χ0) is 12.6. The lowest BCUT2D eigenvalue weighted by Crippen LogP contribution is -2.45. The zero-order valence-corrected chi connectivity index (χ0v) is 13.2. The van der Waals surface area contributed by atoms with Crippen LogP contribution in [0.1, 0.15) is 10.4 Å². The van der Waals surface area contributed by atoms with Gasteiger partial charge in [0.05, 0.1) is 16.1 Å². The summed E-state index contributed by atoms with van der Waals surface area (Å²) in [6.07, 6.45) is 0.979. The fourth-order valence-corrected chi connectivity index (χ4v) is 4.11. The van der Waals surface area contributed by atoms with E-state index in [4.69, 9.17) is 0 Å². The third-order valence-corrected chi connectivity index (χ3v) is 6.86. The first-order valence-corrected chi connectivity index (χ1v) is 12.8. The van der Waals surface area contributed by atoms with E-state index in [-0.39, 0.29) is 0 Å². The number of carbonyl (C=O) groups excluding carboxylic acids is 1. The molecule has 88 valence electrons. The van der Waals surface area contributed by atoms with Crippen LogP contribution in [0.4, 0.5) is 0 Å². The molecular weight excluding hydrogens is 228 g/mol. The zero-order valence-electron chi connectivity index (χ0n) is 11.2. The molecule has 16 heavy (non-hydrogen) atoms. The van der Waals surface area contributed by atoms with E-state index in [0.29, 0.717) is 0 Å². The predicted octanol–water partition coefficient (Wildman–Crippen LogP) is 2.59. The number of aldehydes is 1. The first-order chi connectivity index (χ1) is 7.14. The van der Waals surface area contributed by atoms with Gasteiger partial charge in [-0.25, -0.2) is 0 Å². The highest BCUT2D eigenvalue weighted by Gasteiger charge is 2.22. The SMILES string of the molecule is C[Si](C)(C)c1cc(C=O)cc([Si](C)(C)C)c1. The Labute approximate surface area is 101 Å². The van der Waals surface area contributed by atoms with Gasteiger partial charge in [-0.15, -0.1) is 0 Å². The summed E-state index contributed by atoms with van der Waals surface area (Å²) in [6.45, 7) is 13.9. The molecule has 0 aliphatic rings. The summed E-state index contributed by atoms with van der Waals surface area (Å²) in [7, 11) is -2.66. The Balaban J connectivity index is 3.39. The van der Waals surface area contributed by atoms with E-state index in [0.717, 1.165) is 11.8 Å². The van der Waals surface area contributed by atoms with Gasteiger partial charge in [0.2, 0.25) is 0 Å². The first kappa shape index (κ1) is 13.4. The van der Waals surface area contributed by atoms with Gasteiger partial charge in [-0.05, 0) is 0 Å². The summed E-state index contributed by atoms with van der Waals surface area (Å²) in [4.78, 5) is 11.0. The van der Waals surface area contributed by atoms with Crippen molar-refractivity contribution in [2.45, 2.75) is 39.3 Å². The second-order valence-electron chi connectivity index (χ2n) is 6.46. The summed E-state index contributed by atoms with van der Waals surface area (Å²) < 4.78 is 0. The summed E-state index contributed by atoms with van der Waals surface area (Å²) in [5.74, 6) is 0. The van der Waals surface area contributed by atoms with Crippen molar-refractivity contribution < 1.29 is 4.79 Å². The van der Waals surface area contributed by atoms with Crippen LogP contribution in [0.2, 0.25) is 39.3 Å². The van der Waals surface area contributed by atoms with Crippen molar-refractivity contribution >= 4 is 32.8 Å².